The molecule has 0 aliphatic carbocycles. The molecule has 0 amide bonds. The molecule has 0 spiro atoms. The van der Waals surface area contributed by atoms with Crippen LogP contribution in [0.2, 0.25) is 0 Å². The first-order chi connectivity index (χ1) is 13.5. The second-order valence-electron chi connectivity index (χ2n) is 7.64. The number of hydrogen-bond donors (Lipinski definition) is 4. The monoisotopic (exact) mass is 385 g/mol. The molecule has 6 nitrogen and oxygen atoms in total. The minimum Gasteiger partial charge on any atom is -0.507 e. The fourth-order valence-electron chi connectivity index (χ4n) is 4.05. The van der Waals surface area contributed by atoms with Gasteiger partial charge in [0.15, 0.2) is 0 Å². The number of aryl methyl sites for hydroxylation is 1. The van der Waals surface area contributed by atoms with Gasteiger partial charge in [-0.3, -0.25) is 0 Å². The molecule has 3 unspecified atom stereocenters. The average molecular weight is 385 g/mol. The molecule has 4 N–H and O–H groups in total. The smallest absolute Gasteiger partial charge is 0.142 e. The van der Waals surface area contributed by atoms with E-state index in [1.165, 1.54) is 0 Å². The van der Waals surface area contributed by atoms with Crippen molar-refractivity contribution in [2.75, 3.05) is 25.1 Å². The number of nitrogens with one attached hydrogen (secondary N) is 1. The van der Waals surface area contributed by atoms with Crippen LogP contribution in [0.5, 0.6) is 11.5 Å². The van der Waals surface area contributed by atoms with Crippen LogP contribution >= 0.6 is 0 Å². The molecule has 2 aliphatic rings. The third kappa shape index (κ3) is 3.81. The fourth-order valence-corrected chi connectivity index (χ4v) is 4.05. The second-order valence-corrected chi connectivity index (χ2v) is 7.64. The molecule has 1 fully saturated rings. The number of fused-ring (bicyclic) bond motifs is 1. The molecule has 0 bridgehead atoms. The predicted molar refractivity (Wildman–Crippen MR) is 106 cm³/mol. The highest BCUT2D eigenvalue weighted by Crippen LogP contribution is 2.39. The Labute approximate surface area is 164 Å². The Kier molecular flexibility index (Phi) is 5.44. The minimum atomic E-state index is -0.549. The molecule has 2 heterocycles. The number of aliphatic hydroxyl groups excluding tert-OH is 2. The van der Waals surface area contributed by atoms with Gasteiger partial charge in [-0.2, -0.15) is 0 Å². The summed E-state index contributed by atoms with van der Waals surface area (Å²) in [4.78, 5) is 0. The van der Waals surface area contributed by atoms with E-state index in [0.717, 1.165) is 34.7 Å². The van der Waals surface area contributed by atoms with Crippen LogP contribution in [0.25, 0.3) is 0 Å². The Morgan fingerprint density at radius 1 is 1.18 bits per heavy atom. The second kappa shape index (κ2) is 7.99. The highest BCUT2D eigenvalue weighted by atomic mass is 16.5. The van der Waals surface area contributed by atoms with E-state index in [2.05, 4.69) is 11.4 Å². The van der Waals surface area contributed by atoms with E-state index < -0.39 is 18.3 Å². The largest absolute Gasteiger partial charge is 0.507 e. The first-order valence-electron chi connectivity index (χ1n) is 9.80. The number of ether oxygens (including phenoxy) is 2. The molecule has 28 heavy (non-hydrogen) atoms. The van der Waals surface area contributed by atoms with Gasteiger partial charge >= 0.3 is 0 Å². The summed E-state index contributed by atoms with van der Waals surface area (Å²) >= 11 is 0. The lowest BCUT2D eigenvalue weighted by Gasteiger charge is -2.33. The van der Waals surface area contributed by atoms with Crippen molar-refractivity contribution >= 4 is 5.69 Å². The maximum atomic E-state index is 11.0. The Bertz CT molecular complexity index is 853. The lowest BCUT2D eigenvalue weighted by Crippen LogP contribution is -2.33. The molecule has 150 valence electrons. The summed E-state index contributed by atoms with van der Waals surface area (Å²) in [5.74, 6) is 1.06. The van der Waals surface area contributed by atoms with E-state index in [4.69, 9.17) is 9.47 Å². The number of anilines is 1. The maximum Gasteiger partial charge on any atom is 0.142 e. The van der Waals surface area contributed by atoms with Gasteiger partial charge in [0.1, 0.15) is 18.1 Å². The summed E-state index contributed by atoms with van der Waals surface area (Å²) < 4.78 is 11.5. The SMILES string of the molecule is Cc1ccc(C2CC(O)CC(CO)O2)c(O)c1Cc1ccc2c(c1)NCCO2. The molecule has 0 radical (unpaired) electrons. The molecule has 2 aromatic rings. The number of hydrogen-bond acceptors (Lipinski definition) is 6. The van der Waals surface area contributed by atoms with Gasteiger partial charge in [-0.05, 0) is 30.2 Å². The van der Waals surface area contributed by atoms with Crippen molar-refractivity contribution in [3.8, 4) is 11.5 Å². The Balaban J connectivity index is 1.62. The minimum absolute atomic E-state index is 0.142. The van der Waals surface area contributed by atoms with Crippen LogP contribution in [0.3, 0.4) is 0 Å². The van der Waals surface area contributed by atoms with E-state index in [-0.39, 0.29) is 12.4 Å². The number of phenolic OH excluding ortho intramolecular Hbond substituents is 1. The van der Waals surface area contributed by atoms with Gasteiger partial charge in [0, 0.05) is 36.9 Å². The highest BCUT2D eigenvalue weighted by Gasteiger charge is 2.31. The van der Waals surface area contributed by atoms with Gasteiger partial charge < -0.3 is 30.1 Å². The van der Waals surface area contributed by atoms with Crippen LogP contribution in [0.4, 0.5) is 5.69 Å². The summed E-state index contributed by atoms with van der Waals surface area (Å²) in [5.41, 5.74) is 4.56. The molecule has 4 rings (SSSR count). The first kappa shape index (κ1) is 19.1. The van der Waals surface area contributed by atoms with Crippen molar-refractivity contribution in [3.05, 3.63) is 52.6 Å². The van der Waals surface area contributed by atoms with Crippen LogP contribution < -0.4 is 10.1 Å². The number of rotatable bonds is 4. The summed E-state index contributed by atoms with van der Waals surface area (Å²) in [6.07, 6.45) is 0.0120. The Hall–Kier alpha value is -2.28. The van der Waals surface area contributed by atoms with Gasteiger partial charge in [0.2, 0.25) is 0 Å². The normalized spacial score (nSPS) is 24.2. The number of benzene rings is 2. The van der Waals surface area contributed by atoms with E-state index in [0.29, 0.717) is 31.4 Å². The third-order valence-electron chi connectivity index (χ3n) is 5.58. The molecular formula is C22H27NO5. The van der Waals surface area contributed by atoms with Crippen molar-refractivity contribution in [1.29, 1.82) is 0 Å². The van der Waals surface area contributed by atoms with E-state index in [1.54, 1.807) is 0 Å². The Morgan fingerprint density at radius 3 is 2.86 bits per heavy atom. The topological polar surface area (TPSA) is 91.2 Å². The van der Waals surface area contributed by atoms with E-state index >= 15 is 0 Å². The number of aliphatic hydroxyl groups is 2. The molecule has 2 aliphatic heterocycles. The fraction of sp³-hybridized carbons (Fsp3) is 0.455. The lowest BCUT2D eigenvalue weighted by atomic mass is 9.91. The number of aromatic hydroxyl groups is 1. The van der Waals surface area contributed by atoms with Gasteiger partial charge in [-0.1, -0.05) is 18.2 Å². The average Bonchev–Trinajstić information content (AvgIpc) is 2.70. The van der Waals surface area contributed by atoms with Gasteiger partial charge in [-0.25, -0.2) is 0 Å². The zero-order valence-corrected chi connectivity index (χ0v) is 16.0. The summed E-state index contributed by atoms with van der Waals surface area (Å²) in [6.45, 7) is 3.28. The zero-order chi connectivity index (χ0) is 19.7. The quantitative estimate of drug-likeness (QED) is 0.647. The zero-order valence-electron chi connectivity index (χ0n) is 16.0. The van der Waals surface area contributed by atoms with E-state index in [1.807, 2.05) is 31.2 Å². The van der Waals surface area contributed by atoms with Crippen LogP contribution in [-0.4, -0.2) is 47.3 Å². The molecule has 2 aromatic carbocycles. The van der Waals surface area contributed by atoms with Crippen molar-refractivity contribution in [1.82, 2.24) is 0 Å². The summed E-state index contributed by atoms with van der Waals surface area (Å²) in [7, 11) is 0. The van der Waals surface area contributed by atoms with Crippen molar-refractivity contribution in [2.45, 2.75) is 44.5 Å². The van der Waals surface area contributed by atoms with Crippen molar-refractivity contribution < 1.29 is 24.8 Å². The van der Waals surface area contributed by atoms with E-state index in [9.17, 15) is 15.3 Å². The van der Waals surface area contributed by atoms with Crippen LogP contribution in [0.15, 0.2) is 30.3 Å². The van der Waals surface area contributed by atoms with Gasteiger partial charge in [0.25, 0.3) is 0 Å². The standard InChI is InChI=1S/C22H27NO5/c1-13-2-4-17(21-11-15(25)10-16(12-24)28-21)22(26)18(13)8-14-3-5-20-19(9-14)23-6-7-27-20/h2-5,9,15-16,21,23-26H,6-8,10-12H2,1H3. The highest BCUT2D eigenvalue weighted by molar-refractivity contribution is 5.60. The molecular weight excluding hydrogens is 358 g/mol. The maximum absolute atomic E-state index is 11.0. The van der Waals surface area contributed by atoms with Crippen LogP contribution in [0.1, 0.15) is 41.2 Å². The molecule has 0 saturated carbocycles. The summed E-state index contributed by atoms with van der Waals surface area (Å²) in [5, 5.41) is 33.9. The lowest BCUT2D eigenvalue weighted by molar-refractivity contribution is -0.114. The predicted octanol–water partition coefficient (Wildman–Crippen LogP) is 2.67. The van der Waals surface area contributed by atoms with Crippen LogP contribution in [-0.2, 0) is 11.2 Å². The molecule has 6 heteroatoms. The number of phenols is 1. The Morgan fingerprint density at radius 2 is 2.04 bits per heavy atom. The van der Waals surface area contributed by atoms with Crippen molar-refractivity contribution in [3.63, 3.8) is 0 Å². The van der Waals surface area contributed by atoms with Gasteiger partial charge in [0.05, 0.1) is 30.6 Å². The van der Waals surface area contributed by atoms with Crippen molar-refractivity contribution in [2.24, 2.45) is 0 Å². The molecule has 3 atom stereocenters. The summed E-state index contributed by atoms with van der Waals surface area (Å²) in [6, 6.07) is 9.86. The first-order valence-corrected chi connectivity index (χ1v) is 9.80. The molecule has 1 saturated heterocycles. The van der Waals surface area contributed by atoms with Crippen LogP contribution in [0, 0.1) is 6.92 Å². The third-order valence-corrected chi connectivity index (χ3v) is 5.58. The molecule has 0 aromatic heterocycles. The van der Waals surface area contributed by atoms with Gasteiger partial charge in [-0.15, -0.1) is 0 Å².